The highest BCUT2D eigenvalue weighted by molar-refractivity contribution is 5.93. The van der Waals surface area contributed by atoms with Crippen LogP contribution >= 0.6 is 0 Å². The first-order chi connectivity index (χ1) is 7.24. The van der Waals surface area contributed by atoms with Gasteiger partial charge in [0.05, 0.1) is 6.21 Å². The third kappa shape index (κ3) is 3.72. The second-order valence-electron chi connectivity index (χ2n) is 2.96. The quantitative estimate of drug-likeness (QED) is 0.460. The van der Waals surface area contributed by atoms with Crippen LogP contribution in [0.15, 0.2) is 41.3 Å². The van der Waals surface area contributed by atoms with E-state index in [1.54, 1.807) is 44.6 Å². The van der Waals surface area contributed by atoms with Crippen molar-refractivity contribution in [1.82, 2.24) is 10.4 Å². The van der Waals surface area contributed by atoms with Crippen molar-refractivity contribution in [2.24, 2.45) is 5.10 Å². The van der Waals surface area contributed by atoms with E-state index in [4.69, 9.17) is 0 Å². The van der Waals surface area contributed by atoms with Gasteiger partial charge >= 0.3 is 0 Å². The number of hydrogen-bond acceptors (Lipinski definition) is 3. The maximum atomic E-state index is 11.3. The van der Waals surface area contributed by atoms with Crippen LogP contribution in [0, 0.1) is 0 Å². The Labute approximate surface area is 88.7 Å². The standard InChI is InChI=1S/C11H13N3O/c1-3-9(2)11(15)14-13-8-10-5-4-6-12-7-10/h3-8H,1-2H3,(H,14,15)/b9-3-,13-8-. The van der Waals surface area contributed by atoms with E-state index in [0.29, 0.717) is 5.57 Å². The Kier molecular flexibility index (Phi) is 4.22. The molecule has 0 aliphatic heterocycles. The zero-order valence-corrected chi connectivity index (χ0v) is 8.77. The van der Waals surface area contributed by atoms with Crippen LogP contribution in [-0.4, -0.2) is 17.1 Å². The fraction of sp³-hybridized carbons (Fsp3) is 0.182. The number of rotatable bonds is 3. The fourth-order valence-corrected chi connectivity index (χ4v) is 0.837. The minimum Gasteiger partial charge on any atom is -0.268 e. The molecule has 0 saturated carbocycles. The average molecular weight is 203 g/mol. The molecule has 0 aromatic carbocycles. The van der Waals surface area contributed by atoms with Crippen LogP contribution in [0.1, 0.15) is 19.4 Å². The molecule has 1 heterocycles. The number of aromatic nitrogens is 1. The SMILES string of the molecule is C/C=C(/C)C(=O)N/N=C\c1cccnc1. The topological polar surface area (TPSA) is 54.4 Å². The number of nitrogens with zero attached hydrogens (tertiary/aromatic N) is 2. The molecular formula is C11H13N3O. The van der Waals surface area contributed by atoms with E-state index < -0.39 is 0 Å². The molecule has 0 saturated heterocycles. The van der Waals surface area contributed by atoms with Gasteiger partial charge in [-0.25, -0.2) is 5.43 Å². The summed E-state index contributed by atoms with van der Waals surface area (Å²) in [5, 5.41) is 3.81. The number of carbonyl (C=O) groups is 1. The molecule has 0 radical (unpaired) electrons. The number of hydrazone groups is 1. The van der Waals surface area contributed by atoms with Gasteiger partial charge in [-0.3, -0.25) is 9.78 Å². The third-order valence-corrected chi connectivity index (χ3v) is 1.86. The maximum absolute atomic E-state index is 11.3. The molecule has 1 aromatic rings. The first-order valence-corrected chi connectivity index (χ1v) is 4.60. The summed E-state index contributed by atoms with van der Waals surface area (Å²) in [4.78, 5) is 15.2. The Hall–Kier alpha value is -1.97. The van der Waals surface area contributed by atoms with Crippen LogP contribution < -0.4 is 5.43 Å². The van der Waals surface area contributed by atoms with Crippen LogP contribution in [-0.2, 0) is 4.79 Å². The van der Waals surface area contributed by atoms with Gasteiger partial charge in [-0.1, -0.05) is 12.1 Å². The van der Waals surface area contributed by atoms with Gasteiger partial charge in [0.2, 0.25) is 0 Å². The monoisotopic (exact) mass is 203 g/mol. The lowest BCUT2D eigenvalue weighted by molar-refractivity contribution is -0.117. The average Bonchev–Trinajstić information content (AvgIpc) is 2.29. The van der Waals surface area contributed by atoms with Gasteiger partial charge in [-0.15, -0.1) is 0 Å². The Bertz CT molecular complexity index is 382. The molecule has 0 aliphatic carbocycles. The van der Waals surface area contributed by atoms with E-state index in [2.05, 4.69) is 15.5 Å². The predicted molar refractivity (Wildman–Crippen MR) is 59.4 cm³/mol. The summed E-state index contributed by atoms with van der Waals surface area (Å²) in [6.45, 7) is 3.54. The number of carbonyl (C=O) groups excluding carboxylic acids is 1. The normalized spacial score (nSPS) is 11.7. The first kappa shape index (κ1) is 11.1. The molecule has 1 aromatic heterocycles. The number of hydrogen-bond donors (Lipinski definition) is 1. The molecule has 0 unspecified atom stereocenters. The summed E-state index contributed by atoms with van der Waals surface area (Å²) in [7, 11) is 0. The molecule has 15 heavy (non-hydrogen) atoms. The molecule has 78 valence electrons. The molecule has 4 nitrogen and oxygen atoms in total. The molecular weight excluding hydrogens is 190 g/mol. The van der Waals surface area contributed by atoms with Crippen molar-refractivity contribution in [2.75, 3.05) is 0 Å². The van der Waals surface area contributed by atoms with Gasteiger partial charge in [0.1, 0.15) is 0 Å². The molecule has 4 heteroatoms. The highest BCUT2D eigenvalue weighted by Gasteiger charge is 1.98. The van der Waals surface area contributed by atoms with Crippen molar-refractivity contribution in [3.63, 3.8) is 0 Å². The van der Waals surface area contributed by atoms with Gasteiger partial charge in [0, 0.05) is 23.5 Å². The van der Waals surface area contributed by atoms with Crippen LogP contribution in [0.4, 0.5) is 0 Å². The second kappa shape index (κ2) is 5.70. The van der Waals surface area contributed by atoms with Crippen LogP contribution in [0.5, 0.6) is 0 Å². The van der Waals surface area contributed by atoms with Gasteiger partial charge in [-0.05, 0) is 19.9 Å². The molecule has 1 rings (SSSR count). The summed E-state index contributed by atoms with van der Waals surface area (Å²) >= 11 is 0. The Balaban J connectivity index is 2.51. The fourth-order valence-electron chi connectivity index (χ4n) is 0.837. The first-order valence-electron chi connectivity index (χ1n) is 4.60. The maximum Gasteiger partial charge on any atom is 0.266 e. The summed E-state index contributed by atoms with van der Waals surface area (Å²) in [5.74, 6) is -0.197. The molecule has 0 fully saturated rings. The Morgan fingerprint density at radius 1 is 1.60 bits per heavy atom. The Morgan fingerprint density at radius 2 is 2.40 bits per heavy atom. The number of pyridine rings is 1. The lowest BCUT2D eigenvalue weighted by atomic mass is 10.3. The second-order valence-corrected chi connectivity index (χ2v) is 2.96. The molecule has 0 spiro atoms. The molecule has 1 amide bonds. The van der Waals surface area contributed by atoms with Crippen molar-refractivity contribution in [1.29, 1.82) is 0 Å². The van der Waals surface area contributed by atoms with Gasteiger partial charge in [-0.2, -0.15) is 5.10 Å². The number of nitrogens with one attached hydrogen (secondary N) is 1. The summed E-state index contributed by atoms with van der Waals surface area (Å²) < 4.78 is 0. The van der Waals surface area contributed by atoms with E-state index >= 15 is 0 Å². The van der Waals surface area contributed by atoms with E-state index in [1.807, 2.05) is 6.07 Å². The highest BCUT2D eigenvalue weighted by Crippen LogP contribution is 1.92. The van der Waals surface area contributed by atoms with Crippen molar-refractivity contribution >= 4 is 12.1 Å². The summed E-state index contributed by atoms with van der Waals surface area (Å²) in [6.07, 6.45) is 6.63. The van der Waals surface area contributed by atoms with Crippen LogP contribution in [0.2, 0.25) is 0 Å². The van der Waals surface area contributed by atoms with Gasteiger partial charge in [0.15, 0.2) is 0 Å². The van der Waals surface area contributed by atoms with Crippen molar-refractivity contribution in [2.45, 2.75) is 13.8 Å². The van der Waals surface area contributed by atoms with E-state index in [-0.39, 0.29) is 5.91 Å². The number of allylic oxidation sites excluding steroid dienone is 1. The largest absolute Gasteiger partial charge is 0.268 e. The molecule has 0 aliphatic rings. The zero-order chi connectivity index (χ0) is 11.1. The minimum absolute atomic E-state index is 0.197. The van der Waals surface area contributed by atoms with Gasteiger partial charge in [0.25, 0.3) is 5.91 Å². The third-order valence-electron chi connectivity index (χ3n) is 1.86. The van der Waals surface area contributed by atoms with Crippen molar-refractivity contribution in [3.8, 4) is 0 Å². The molecule has 0 atom stereocenters. The smallest absolute Gasteiger partial charge is 0.266 e. The predicted octanol–water partition coefficient (Wildman–Crippen LogP) is 1.50. The lowest BCUT2D eigenvalue weighted by Crippen LogP contribution is -2.18. The minimum atomic E-state index is -0.197. The van der Waals surface area contributed by atoms with E-state index in [1.165, 1.54) is 0 Å². The molecule has 1 N–H and O–H groups in total. The van der Waals surface area contributed by atoms with E-state index in [9.17, 15) is 4.79 Å². The van der Waals surface area contributed by atoms with Crippen molar-refractivity contribution in [3.05, 3.63) is 41.7 Å². The van der Waals surface area contributed by atoms with E-state index in [0.717, 1.165) is 5.56 Å². The lowest BCUT2D eigenvalue weighted by Gasteiger charge is -1.97. The van der Waals surface area contributed by atoms with Crippen molar-refractivity contribution < 1.29 is 4.79 Å². The number of amides is 1. The Morgan fingerprint density at radius 3 is 3.00 bits per heavy atom. The summed E-state index contributed by atoms with van der Waals surface area (Å²) in [5.41, 5.74) is 3.90. The zero-order valence-electron chi connectivity index (χ0n) is 8.77. The summed E-state index contributed by atoms with van der Waals surface area (Å²) in [6, 6.07) is 3.66. The highest BCUT2D eigenvalue weighted by atomic mass is 16.2. The molecule has 0 bridgehead atoms. The van der Waals surface area contributed by atoms with Crippen LogP contribution in [0.25, 0.3) is 0 Å². The van der Waals surface area contributed by atoms with Crippen LogP contribution in [0.3, 0.4) is 0 Å². The van der Waals surface area contributed by atoms with Gasteiger partial charge < -0.3 is 0 Å².